The van der Waals surface area contributed by atoms with Gasteiger partial charge in [-0.3, -0.25) is 14.6 Å². The maximum absolute atomic E-state index is 12.9. The van der Waals surface area contributed by atoms with Crippen molar-refractivity contribution in [3.8, 4) is 12.1 Å². The first kappa shape index (κ1) is 32.6. The van der Waals surface area contributed by atoms with Crippen LogP contribution in [-0.2, 0) is 17.8 Å². The quantitative estimate of drug-likeness (QED) is 0.290. The number of alkyl halides is 1. The van der Waals surface area contributed by atoms with E-state index in [0.29, 0.717) is 45.3 Å². The Morgan fingerprint density at radius 2 is 1.88 bits per heavy atom. The molecule has 1 amide bonds. The van der Waals surface area contributed by atoms with Crippen molar-refractivity contribution in [2.24, 2.45) is 0 Å². The SMILES string of the molecule is C=CC(=O)N1CCN(c2nc(OCC3(N4CCN(CCF)CC4)CC3)nc3c2CCN(c2cccc4cccc(Cl)c24)C3)C[C@@H]1CC#N. The van der Waals surface area contributed by atoms with Crippen molar-refractivity contribution in [2.45, 2.75) is 43.8 Å². The minimum absolute atomic E-state index is 0.0401. The lowest BCUT2D eigenvalue weighted by Crippen LogP contribution is -2.55. The summed E-state index contributed by atoms with van der Waals surface area (Å²) >= 11 is 6.74. The zero-order valence-electron chi connectivity index (χ0n) is 27.3. The van der Waals surface area contributed by atoms with E-state index in [1.54, 1.807) is 4.90 Å². The zero-order chi connectivity index (χ0) is 33.3. The minimum Gasteiger partial charge on any atom is -0.461 e. The lowest BCUT2D eigenvalue weighted by molar-refractivity contribution is -0.128. The summed E-state index contributed by atoms with van der Waals surface area (Å²) in [6, 6.07) is 14.6. The Morgan fingerprint density at radius 3 is 2.60 bits per heavy atom. The summed E-state index contributed by atoms with van der Waals surface area (Å²) < 4.78 is 19.4. The number of halogens is 2. The first-order valence-electron chi connectivity index (χ1n) is 17.0. The summed E-state index contributed by atoms with van der Waals surface area (Å²) in [5.74, 6) is 0.664. The fraction of sp³-hybridized carbons (Fsp3) is 0.500. The average molecular weight is 673 g/mol. The van der Waals surface area contributed by atoms with Gasteiger partial charge in [0.25, 0.3) is 0 Å². The molecule has 12 heteroatoms. The number of benzene rings is 2. The molecule has 1 aliphatic carbocycles. The molecular weight excluding hydrogens is 631 g/mol. The second kappa shape index (κ2) is 13.9. The summed E-state index contributed by atoms with van der Waals surface area (Å²) in [6.07, 6.45) is 4.38. The van der Waals surface area contributed by atoms with E-state index >= 15 is 0 Å². The average Bonchev–Trinajstić information content (AvgIpc) is 3.91. The number of carbonyl (C=O) groups is 1. The molecule has 3 fully saturated rings. The molecule has 0 unspecified atom stereocenters. The first-order chi connectivity index (χ1) is 23.4. The monoisotopic (exact) mass is 672 g/mol. The van der Waals surface area contributed by atoms with Crippen molar-refractivity contribution in [1.29, 1.82) is 5.26 Å². The van der Waals surface area contributed by atoms with Crippen LogP contribution in [0.2, 0.25) is 5.02 Å². The van der Waals surface area contributed by atoms with Gasteiger partial charge in [-0.2, -0.15) is 15.2 Å². The molecule has 4 heterocycles. The van der Waals surface area contributed by atoms with Crippen molar-refractivity contribution < 1.29 is 13.9 Å². The van der Waals surface area contributed by atoms with E-state index in [2.05, 4.69) is 56.5 Å². The first-order valence-corrected chi connectivity index (χ1v) is 17.3. The van der Waals surface area contributed by atoms with Crippen LogP contribution < -0.4 is 14.5 Å². The molecule has 7 rings (SSSR count). The van der Waals surface area contributed by atoms with Gasteiger partial charge in [0.05, 0.1) is 41.3 Å². The van der Waals surface area contributed by atoms with Crippen LogP contribution in [0.25, 0.3) is 10.8 Å². The molecule has 2 saturated heterocycles. The van der Waals surface area contributed by atoms with Gasteiger partial charge in [-0.05, 0) is 42.9 Å². The lowest BCUT2D eigenvalue weighted by atomic mass is 10.0. The van der Waals surface area contributed by atoms with E-state index in [1.807, 2.05) is 12.1 Å². The molecule has 1 saturated carbocycles. The Morgan fingerprint density at radius 1 is 1.08 bits per heavy atom. The van der Waals surface area contributed by atoms with Gasteiger partial charge in [0, 0.05) is 75.5 Å². The fourth-order valence-corrected chi connectivity index (χ4v) is 7.93. The molecule has 252 valence electrons. The molecule has 0 radical (unpaired) electrons. The number of aromatic nitrogens is 2. The second-order valence-corrected chi connectivity index (χ2v) is 13.7. The minimum atomic E-state index is -0.311. The molecule has 48 heavy (non-hydrogen) atoms. The molecule has 2 aromatic carbocycles. The smallest absolute Gasteiger partial charge is 0.318 e. The van der Waals surface area contributed by atoms with Gasteiger partial charge in [-0.15, -0.1) is 0 Å². The number of anilines is 2. The number of hydrogen-bond donors (Lipinski definition) is 0. The second-order valence-electron chi connectivity index (χ2n) is 13.3. The number of amides is 1. The van der Waals surface area contributed by atoms with E-state index in [4.69, 9.17) is 26.3 Å². The number of nitriles is 1. The van der Waals surface area contributed by atoms with Crippen LogP contribution in [0.5, 0.6) is 6.01 Å². The third-order valence-corrected chi connectivity index (χ3v) is 10.8. The molecule has 1 aromatic heterocycles. The van der Waals surface area contributed by atoms with Crippen molar-refractivity contribution in [3.05, 3.63) is 65.3 Å². The van der Waals surface area contributed by atoms with E-state index in [1.165, 1.54) is 6.08 Å². The Kier molecular flexibility index (Phi) is 9.40. The molecule has 3 aromatic rings. The van der Waals surface area contributed by atoms with Crippen LogP contribution in [0.15, 0.2) is 49.1 Å². The van der Waals surface area contributed by atoms with E-state index in [9.17, 15) is 14.4 Å². The maximum Gasteiger partial charge on any atom is 0.318 e. The Hall–Kier alpha value is -3.98. The van der Waals surface area contributed by atoms with Crippen LogP contribution in [0.1, 0.15) is 30.5 Å². The van der Waals surface area contributed by atoms with Crippen molar-refractivity contribution in [1.82, 2.24) is 24.7 Å². The zero-order valence-corrected chi connectivity index (χ0v) is 28.0. The highest BCUT2D eigenvalue weighted by molar-refractivity contribution is 6.36. The molecule has 0 N–H and O–H groups in total. The third-order valence-electron chi connectivity index (χ3n) is 10.5. The van der Waals surface area contributed by atoms with Crippen LogP contribution in [0, 0.1) is 11.3 Å². The van der Waals surface area contributed by atoms with Gasteiger partial charge in [0.15, 0.2) is 0 Å². The molecule has 4 aliphatic rings. The summed E-state index contributed by atoms with van der Waals surface area (Å²) in [4.78, 5) is 33.7. The van der Waals surface area contributed by atoms with Crippen LogP contribution in [0.3, 0.4) is 0 Å². The van der Waals surface area contributed by atoms with Crippen LogP contribution in [0.4, 0.5) is 15.9 Å². The fourth-order valence-electron chi connectivity index (χ4n) is 7.66. The molecule has 10 nitrogen and oxygen atoms in total. The Labute approximate surface area is 286 Å². The maximum atomic E-state index is 12.9. The number of ether oxygens (including phenoxy) is 1. The summed E-state index contributed by atoms with van der Waals surface area (Å²) in [6.45, 7) is 10.8. The summed E-state index contributed by atoms with van der Waals surface area (Å²) in [5.41, 5.74) is 3.02. The summed E-state index contributed by atoms with van der Waals surface area (Å²) in [7, 11) is 0. The van der Waals surface area contributed by atoms with Gasteiger partial charge in [-0.25, -0.2) is 4.39 Å². The standard InChI is InChI=1S/C36H42ClFN8O2/c1-2-32(47)46-22-19-44(23-27(46)9-14-39)34-28-10-15-43(31-8-4-6-26-5-3-7-29(37)33(26)31)24-30(28)40-35(41-34)48-25-36(11-12-36)45-20-17-42(16-13-38)18-21-45/h2-8,27H,1,9-13,15-25H2/t27-/m0/s1. The lowest BCUT2D eigenvalue weighted by Gasteiger charge is -2.42. The van der Waals surface area contributed by atoms with Crippen LogP contribution in [-0.4, -0.2) is 114 Å². The van der Waals surface area contributed by atoms with Gasteiger partial charge >= 0.3 is 6.01 Å². The molecule has 3 aliphatic heterocycles. The van der Waals surface area contributed by atoms with E-state index < -0.39 is 0 Å². The molecular formula is C36H42ClFN8O2. The van der Waals surface area contributed by atoms with Crippen molar-refractivity contribution >= 4 is 39.8 Å². The van der Waals surface area contributed by atoms with E-state index in [-0.39, 0.29) is 30.6 Å². The van der Waals surface area contributed by atoms with Crippen molar-refractivity contribution in [2.75, 3.05) is 82.0 Å². The van der Waals surface area contributed by atoms with Gasteiger partial charge in [-0.1, -0.05) is 42.4 Å². The predicted molar refractivity (Wildman–Crippen MR) is 185 cm³/mol. The van der Waals surface area contributed by atoms with E-state index in [0.717, 1.165) is 90.5 Å². The van der Waals surface area contributed by atoms with Gasteiger partial charge in [0.2, 0.25) is 5.91 Å². The number of rotatable bonds is 10. The molecule has 0 spiro atoms. The largest absolute Gasteiger partial charge is 0.461 e. The third kappa shape index (κ3) is 6.41. The molecule has 0 bridgehead atoms. The number of piperazine rings is 2. The molecule has 1 atom stereocenters. The van der Waals surface area contributed by atoms with Crippen molar-refractivity contribution in [3.63, 3.8) is 0 Å². The Bertz CT molecular complexity index is 1710. The van der Waals surface area contributed by atoms with Crippen LogP contribution >= 0.6 is 11.6 Å². The highest BCUT2D eigenvalue weighted by Crippen LogP contribution is 2.43. The summed E-state index contributed by atoms with van der Waals surface area (Å²) in [5, 5.41) is 12.4. The topological polar surface area (TPSA) is 92.1 Å². The highest BCUT2D eigenvalue weighted by atomic mass is 35.5. The highest BCUT2D eigenvalue weighted by Gasteiger charge is 2.49. The number of nitrogens with zero attached hydrogens (tertiary/aromatic N) is 8. The number of fused-ring (bicyclic) bond motifs is 2. The normalized spacial score (nSPS) is 21.1. The van der Waals surface area contributed by atoms with Gasteiger partial charge in [0.1, 0.15) is 19.1 Å². The Balaban J connectivity index is 1.18. The predicted octanol–water partition coefficient (Wildman–Crippen LogP) is 4.46. The number of carbonyl (C=O) groups excluding carboxylic acids is 1. The number of hydrogen-bond acceptors (Lipinski definition) is 9. The van der Waals surface area contributed by atoms with Gasteiger partial charge < -0.3 is 19.4 Å².